The fourth-order valence-electron chi connectivity index (χ4n) is 3.53. The standard InChI is InChI=1S/C18H27FN4O/c1-21-9-11-22(12-10-21)13-15-3-2-8-23(14-15)18(24)20-17-6-4-16(19)5-7-17/h4-7,15H,2-3,8-14H2,1H3,(H,20,24)/t15-/m0/s1. The first-order chi connectivity index (χ1) is 11.6. The average Bonchev–Trinajstić information content (AvgIpc) is 2.59. The minimum atomic E-state index is -0.293. The maximum atomic E-state index is 12.9. The molecular weight excluding hydrogens is 307 g/mol. The summed E-state index contributed by atoms with van der Waals surface area (Å²) in [5, 5.41) is 2.87. The summed E-state index contributed by atoms with van der Waals surface area (Å²) in [4.78, 5) is 19.2. The molecule has 0 spiro atoms. The predicted molar refractivity (Wildman–Crippen MR) is 93.7 cm³/mol. The van der Waals surface area contributed by atoms with E-state index in [1.54, 1.807) is 12.1 Å². The van der Waals surface area contributed by atoms with E-state index in [0.717, 1.165) is 52.2 Å². The first kappa shape index (κ1) is 17.2. The van der Waals surface area contributed by atoms with Gasteiger partial charge in [0.2, 0.25) is 0 Å². The molecule has 1 atom stereocenters. The van der Waals surface area contributed by atoms with Gasteiger partial charge in [-0.15, -0.1) is 0 Å². The van der Waals surface area contributed by atoms with Crippen molar-refractivity contribution in [1.82, 2.24) is 14.7 Å². The van der Waals surface area contributed by atoms with E-state index in [9.17, 15) is 9.18 Å². The Kier molecular flexibility index (Phi) is 5.68. The van der Waals surface area contributed by atoms with Crippen LogP contribution in [0.5, 0.6) is 0 Å². The lowest BCUT2D eigenvalue weighted by Crippen LogP contribution is -2.49. The molecule has 5 nitrogen and oxygen atoms in total. The van der Waals surface area contributed by atoms with Crippen LogP contribution in [0.25, 0.3) is 0 Å². The Labute approximate surface area is 143 Å². The molecule has 3 rings (SSSR count). The molecular formula is C18H27FN4O. The van der Waals surface area contributed by atoms with Gasteiger partial charge in [-0.1, -0.05) is 0 Å². The molecule has 1 aromatic carbocycles. The molecule has 132 valence electrons. The Morgan fingerprint density at radius 1 is 1.17 bits per heavy atom. The van der Waals surface area contributed by atoms with Gasteiger partial charge in [0.1, 0.15) is 5.82 Å². The van der Waals surface area contributed by atoms with Gasteiger partial charge in [-0.05, 0) is 50.1 Å². The van der Waals surface area contributed by atoms with Gasteiger partial charge in [-0.2, -0.15) is 0 Å². The van der Waals surface area contributed by atoms with Gasteiger partial charge in [-0.3, -0.25) is 0 Å². The molecule has 0 unspecified atom stereocenters. The number of halogens is 1. The summed E-state index contributed by atoms with van der Waals surface area (Å²) < 4.78 is 12.9. The van der Waals surface area contributed by atoms with Gasteiger partial charge in [0, 0.05) is 51.5 Å². The molecule has 2 fully saturated rings. The van der Waals surface area contributed by atoms with Crippen molar-refractivity contribution in [2.75, 3.05) is 58.2 Å². The Morgan fingerprint density at radius 2 is 1.88 bits per heavy atom. The predicted octanol–water partition coefficient (Wildman–Crippen LogP) is 2.32. The van der Waals surface area contributed by atoms with Crippen molar-refractivity contribution in [3.63, 3.8) is 0 Å². The summed E-state index contributed by atoms with van der Waals surface area (Å²) in [5.74, 6) is 0.249. The molecule has 2 saturated heterocycles. The number of benzene rings is 1. The van der Waals surface area contributed by atoms with E-state index in [4.69, 9.17) is 0 Å². The van der Waals surface area contributed by atoms with E-state index < -0.39 is 0 Å². The zero-order valence-corrected chi connectivity index (χ0v) is 14.4. The number of hydrogen-bond acceptors (Lipinski definition) is 3. The zero-order chi connectivity index (χ0) is 16.9. The van der Waals surface area contributed by atoms with Crippen LogP contribution in [-0.4, -0.2) is 73.6 Å². The number of likely N-dealkylation sites (N-methyl/N-ethyl adjacent to an activating group) is 1. The SMILES string of the molecule is CN1CCN(C[C@@H]2CCCN(C(=O)Nc3ccc(F)cc3)C2)CC1. The van der Waals surface area contributed by atoms with Gasteiger partial charge in [0.25, 0.3) is 0 Å². The number of carbonyl (C=O) groups excluding carboxylic acids is 1. The summed E-state index contributed by atoms with van der Waals surface area (Å²) >= 11 is 0. The second-order valence-corrected chi connectivity index (χ2v) is 7.00. The summed E-state index contributed by atoms with van der Waals surface area (Å²) in [6.45, 7) is 7.17. The van der Waals surface area contributed by atoms with Crippen molar-refractivity contribution in [2.24, 2.45) is 5.92 Å². The average molecular weight is 334 g/mol. The highest BCUT2D eigenvalue weighted by atomic mass is 19.1. The van der Waals surface area contributed by atoms with Crippen molar-refractivity contribution in [3.8, 4) is 0 Å². The van der Waals surface area contributed by atoms with Crippen LogP contribution in [0, 0.1) is 11.7 Å². The molecule has 0 aliphatic carbocycles. The van der Waals surface area contributed by atoms with Crippen LogP contribution >= 0.6 is 0 Å². The molecule has 0 saturated carbocycles. The Bertz CT molecular complexity index is 542. The van der Waals surface area contributed by atoms with Crippen LogP contribution < -0.4 is 5.32 Å². The first-order valence-corrected chi connectivity index (χ1v) is 8.82. The second-order valence-electron chi connectivity index (χ2n) is 7.00. The van der Waals surface area contributed by atoms with Gasteiger partial charge in [0.15, 0.2) is 0 Å². The molecule has 0 aromatic heterocycles. The topological polar surface area (TPSA) is 38.8 Å². The van der Waals surface area contributed by atoms with Gasteiger partial charge in [0.05, 0.1) is 0 Å². The number of nitrogens with one attached hydrogen (secondary N) is 1. The monoisotopic (exact) mass is 334 g/mol. The lowest BCUT2D eigenvalue weighted by atomic mass is 9.97. The maximum absolute atomic E-state index is 12.9. The van der Waals surface area contributed by atoms with Crippen LogP contribution in [0.1, 0.15) is 12.8 Å². The molecule has 0 bridgehead atoms. The van der Waals surface area contributed by atoms with Crippen molar-refractivity contribution in [2.45, 2.75) is 12.8 Å². The first-order valence-electron chi connectivity index (χ1n) is 8.82. The lowest BCUT2D eigenvalue weighted by Gasteiger charge is -2.38. The van der Waals surface area contributed by atoms with Gasteiger partial charge in [-0.25, -0.2) is 9.18 Å². The van der Waals surface area contributed by atoms with Crippen LogP contribution in [-0.2, 0) is 0 Å². The largest absolute Gasteiger partial charge is 0.324 e. The number of urea groups is 1. The molecule has 2 aliphatic rings. The molecule has 2 heterocycles. The molecule has 1 aromatic rings. The quantitative estimate of drug-likeness (QED) is 0.922. The Hall–Kier alpha value is -1.66. The van der Waals surface area contributed by atoms with Crippen molar-refractivity contribution < 1.29 is 9.18 Å². The van der Waals surface area contributed by atoms with E-state index in [-0.39, 0.29) is 11.8 Å². The fraction of sp³-hybridized carbons (Fsp3) is 0.611. The third kappa shape index (κ3) is 4.68. The van der Waals surface area contributed by atoms with Gasteiger partial charge < -0.3 is 20.0 Å². The van der Waals surface area contributed by atoms with Gasteiger partial charge >= 0.3 is 6.03 Å². The van der Waals surface area contributed by atoms with Crippen molar-refractivity contribution in [3.05, 3.63) is 30.1 Å². The second kappa shape index (κ2) is 7.94. The molecule has 2 amide bonds. The molecule has 1 N–H and O–H groups in total. The summed E-state index contributed by atoms with van der Waals surface area (Å²) in [6, 6.07) is 5.84. The number of rotatable bonds is 3. The lowest BCUT2D eigenvalue weighted by molar-refractivity contribution is 0.109. The third-order valence-electron chi connectivity index (χ3n) is 5.01. The van der Waals surface area contributed by atoms with E-state index in [2.05, 4.69) is 22.2 Å². The smallest absolute Gasteiger partial charge is 0.321 e. The highest BCUT2D eigenvalue weighted by Crippen LogP contribution is 2.19. The normalized spacial score (nSPS) is 23.2. The number of anilines is 1. The van der Waals surface area contributed by atoms with Crippen LogP contribution in [0.2, 0.25) is 0 Å². The zero-order valence-electron chi connectivity index (χ0n) is 14.4. The number of carbonyl (C=O) groups is 1. The Balaban J connectivity index is 1.49. The highest BCUT2D eigenvalue weighted by molar-refractivity contribution is 5.89. The highest BCUT2D eigenvalue weighted by Gasteiger charge is 2.26. The number of hydrogen-bond donors (Lipinski definition) is 1. The number of amides is 2. The number of piperazine rings is 1. The van der Waals surface area contributed by atoms with Crippen LogP contribution in [0.3, 0.4) is 0 Å². The van der Waals surface area contributed by atoms with Crippen LogP contribution in [0.15, 0.2) is 24.3 Å². The third-order valence-corrected chi connectivity index (χ3v) is 5.01. The van der Waals surface area contributed by atoms with Crippen LogP contribution in [0.4, 0.5) is 14.9 Å². The number of nitrogens with zero attached hydrogens (tertiary/aromatic N) is 3. The van der Waals surface area contributed by atoms with Crippen molar-refractivity contribution >= 4 is 11.7 Å². The number of piperidine rings is 1. The molecule has 6 heteroatoms. The molecule has 24 heavy (non-hydrogen) atoms. The van der Waals surface area contributed by atoms with E-state index >= 15 is 0 Å². The Morgan fingerprint density at radius 3 is 2.58 bits per heavy atom. The summed E-state index contributed by atoms with van der Waals surface area (Å²) in [7, 11) is 2.17. The summed E-state index contributed by atoms with van der Waals surface area (Å²) in [5.41, 5.74) is 0.641. The summed E-state index contributed by atoms with van der Waals surface area (Å²) in [6.07, 6.45) is 2.24. The minimum absolute atomic E-state index is 0.0790. The van der Waals surface area contributed by atoms with Crippen molar-refractivity contribution in [1.29, 1.82) is 0 Å². The van der Waals surface area contributed by atoms with E-state index in [1.165, 1.54) is 18.6 Å². The number of likely N-dealkylation sites (tertiary alicyclic amines) is 1. The fourth-order valence-corrected chi connectivity index (χ4v) is 3.53. The maximum Gasteiger partial charge on any atom is 0.321 e. The molecule has 2 aliphatic heterocycles. The minimum Gasteiger partial charge on any atom is -0.324 e. The molecule has 0 radical (unpaired) electrons. The van der Waals surface area contributed by atoms with E-state index in [1.807, 2.05) is 4.90 Å². The van der Waals surface area contributed by atoms with E-state index in [0.29, 0.717) is 11.6 Å².